The van der Waals surface area contributed by atoms with Gasteiger partial charge < -0.3 is 0 Å². The molecular weight excluding hydrogens is 849 g/mol. The quantitative estimate of drug-likeness (QED) is 0.0716. The molecule has 11 aromatic rings. The van der Waals surface area contributed by atoms with Crippen LogP contribution in [-0.4, -0.2) is 19.9 Å². The van der Waals surface area contributed by atoms with Crippen molar-refractivity contribution in [2.75, 3.05) is 0 Å². The Morgan fingerprint density at radius 3 is 0.871 bits per heavy atom. The van der Waals surface area contributed by atoms with E-state index in [4.69, 9.17) is 19.9 Å². The van der Waals surface area contributed by atoms with Crippen molar-refractivity contribution in [2.24, 2.45) is 0 Å². The summed E-state index contributed by atoms with van der Waals surface area (Å²) in [6, 6.07) is 70.0. The summed E-state index contributed by atoms with van der Waals surface area (Å²) in [7, 11) is 0. The fourth-order valence-electron chi connectivity index (χ4n) is 10.2. The van der Waals surface area contributed by atoms with Gasteiger partial charge in [-0.1, -0.05) is 222 Å². The molecule has 70 heavy (non-hydrogen) atoms. The molecule has 0 N–H and O–H groups in total. The van der Waals surface area contributed by atoms with E-state index < -0.39 is 0 Å². The molecule has 0 unspecified atom stereocenters. The third-order valence-electron chi connectivity index (χ3n) is 14.1. The molecule has 0 bridgehead atoms. The molecule has 0 amide bonds. The van der Waals surface area contributed by atoms with Crippen LogP contribution in [0.3, 0.4) is 0 Å². The van der Waals surface area contributed by atoms with Gasteiger partial charge in [-0.15, -0.1) is 0 Å². The third kappa shape index (κ3) is 9.34. The molecule has 0 atom stereocenters. The first-order chi connectivity index (χ1) is 34.6. The summed E-state index contributed by atoms with van der Waals surface area (Å²) in [5, 5.41) is 4.37. The molecule has 0 spiro atoms. The maximum absolute atomic E-state index is 5.29. The smallest absolute Gasteiger partial charge is 0.0972 e. The number of unbranched alkanes of at least 4 members (excludes halogenated alkanes) is 6. The molecule has 4 nitrogen and oxygen atoms in total. The SMILES string of the molecule is CCCCCCc1cc(-c2ccc(-c3ccc4ccc5ccc(-c6ccccc6)nc5c4n3)cc2)c(CCCCCC)cc1-c1ccc(-c2ccc3ccc4ccc(-c5ccccc5)nc4c3n2)cc1. The Morgan fingerprint density at radius 2 is 0.557 bits per heavy atom. The number of hydrogen-bond acceptors (Lipinski definition) is 4. The predicted molar refractivity (Wildman–Crippen MR) is 296 cm³/mol. The Bertz CT molecular complexity index is 3360. The number of aromatic nitrogens is 4. The van der Waals surface area contributed by atoms with E-state index in [1.807, 2.05) is 12.1 Å². The Balaban J connectivity index is 0.937. The third-order valence-corrected chi connectivity index (χ3v) is 14.1. The fraction of sp³-hybridized carbons (Fsp3) is 0.182. The maximum atomic E-state index is 5.29. The second-order valence-electron chi connectivity index (χ2n) is 18.9. The van der Waals surface area contributed by atoms with Gasteiger partial charge in [0.05, 0.1) is 44.8 Å². The zero-order chi connectivity index (χ0) is 47.2. The second kappa shape index (κ2) is 20.4. The predicted octanol–water partition coefficient (Wildman–Crippen LogP) is 18.1. The Labute approximate surface area is 412 Å². The van der Waals surface area contributed by atoms with Gasteiger partial charge in [0.15, 0.2) is 0 Å². The highest BCUT2D eigenvalue weighted by molar-refractivity contribution is 6.05. The molecule has 0 fully saturated rings. The van der Waals surface area contributed by atoms with Crippen LogP contribution in [-0.2, 0) is 12.8 Å². The van der Waals surface area contributed by atoms with Crippen LogP contribution in [0.2, 0.25) is 0 Å². The van der Waals surface area contributed by atoms with E-state index in [1.54, 1.807) is 0 Å². The van der Waals surface area contributed by atoms with Crippen LogP contribution in [0.4, 0.5) is 0 Å². The Hall–Kier alpha value is -7.82. The van der Waals surface area contributed by atoms with Gasteiger partial charge in [0.1, 0.15) is 0 Å². The lowest BCUT2D eigenvalue weighted by atomic mass is 9.86. The number of nitrogens with zero attached hydrogens (tertiary/aromatic N) is 4. The maximum Gasteiger partial charge on any atom is 0.0972 e. The molecule has 4 heterocycles. The molecule has 4 heteroatoms. The van der Waals surface area contributed by atoms with Gasteiger partial charge in [0, 0.05) is 43.8 Å². The minimum Gasteiger partial charge on any atom is -0.245 e. The molecule has 0 aliphatic heterocycles. The van der Waals surface area contributed by atoms with Crippen LogP contribution >= 0.6 is 0 Å². The molecule has 7 aromatic carbocycles. The van der Waals surface area contributed by atoms with Crippen LogP contribution in [0.1, 0.15) is 76.3 Å². The van der Waals surface area contributed by atoms with Crippen molar-refractivity contribution >= 4 is 43.6 Å². The zero-order valence-electron chi connectivity index (χ0n) is 40.3. The van der Waals surface area contributed by atoms with Crippen molar-refractivity contribution in [3.05, 3.63) is 205 Å². The van der Waals surface area contributed by atoms with E-state index >= 15 is 0 Å². The second-order valence-corrected chi connectivity index (χ2v) is 18.9. The lowest BCUT2D eigenvalue weighted by molar-refractivity contribution is 0.664. The highest BCUT2D eigenvalue weighted by atomic mass is 14.8. The van der Waals surface area contributed by atoms with Crippen LogP contribution in [0.15, 0.2) is 194 Å². The minimum absolute atomic E-state index is 0.930. The largest absolute Gasteiger partial charge is 0.245 e. The van der Waals surface area contributed by atoms with Gasteiger partial charge in [-0.2, -0.15) is 0 Å². The summed E-state index contributed by atoms with van der Waals surface area (Å²) >= 11 is 0. The van der Waals surface area contributed by atoms with Gasteiger partial charge in [-0.25, -0.2) is 19.9 Å². The van der Waals surface area contributed by atoms with Crippen molar-refractivity contribution in [3.8, 4) is 67.3 Å². The van der Waals surface area contributed by atoms with Gasteiger partial charge in [0.2, 0.25) is 0 Å². The zero-order valence-corrected chi connectivity index (χ0v) is 40.3. The van der Waals surface area contributed by atoms with Crippen LogP contribution in [0, 0.1) is 0 Å². The molecule has 0 saturated heterocycles. The molecule has 0 radical (unpaired) electrons. The number of fused-ring (bicyclic) bond motifs is 6. The first-order valence-electron chi connectivity index (χ1n) is 25.5. The summed E-state index contributed by atoms with van der Waals surface area (Å²) in [6.45, 7) is 4.59. The Kier molecular flexibility index (Phi) is 13.0. The monoisotopic (exact) mass is 906 g/mol. The van der Waals surface area contributed by atoms with E-state index in [9.17, 15) is 0 Å². The molecule has 342 valence electrons. The first-order valence-corrected chi connectivity index (χ1v) is 25.5. The standard InChI is InChI=1S/C66H58N4/c1-3-5-7-11-21-55-43-58(46-25-29-50(30-26-46)62-42-38-54-34-32-52-36-40-60(48-19-15-10-16-20-48)68-64(52)66(54)70-62)56(22-12-8-6-4-2)44-57(55)45-23-27-49(28-24-45)61-41-37-53-33-31-51-35-39-59(47-17-13-9-14-18-47)67-63(51)65(53)69-61/h9-10,13-20,23-44H,3-8,11-12,21-22H2,1-2H3. The minimum atomic E-state index is 0.930. The Morgan fingerprint density at radius 1 is 0.271 bits per heavy atom. The van der Waals surface area contributed by atoms with Crippen molar-refractivity contribution in [2.45, 2.75) is 78.1 Å². The van der Waals surface area contributed by atoms with Crippen molar-refractivity contribution in [1.29, 1.82) is 0 Å². The van der Waals surface area contributed by atoms with Crippen LogP contribution in [0.5, 0.6) is 0 Å². The first kappa shape index (κ1) is 44.7. The normalized spacial score (nSPS) is 11.6. The number of rotatable bonds is 16. The molecule has 11 rings (SSSR count). The topological polar surface area (TPSA) is 51.6 Å². The van der Waals surface area contributed by atoms with Crippen LogP contribution in [0.25, 0.3) is 111 Å². The fourth-order valence-corrected chi connectivity index (χ4v) is 10.2. The summed E-state index contributed by atoms with van der Waals surface area (Å²) in [4.78, 5) is 20.9. The average molecular weight is 907 g/mol. The summed E-state index contributed by atoms with van der Waals surface area (Å²) in [5.41, 5.74) is 20.0. The molecule has 4 aromatic heterocycles. The van der Waals surface area contributed by atoms with Crippen molar-refractivity contribution in [1.82, 2.24) is 19.9 Å². The number of hydrogen-bond donors (Lipinski definition) is 0. The highest BCUT2D eigenvalue weighted by Gasteiger charge is 2.16. The molecular formula is C66H58N4. The van der Waals surface area contributed by atoms with E-state index in [-0.39, 0.29) is 0 Å². The van der Waals surface area contributed by atoms with Gasteiger partial charge in [0.25, 0.3) is 0 Å². The molecule has 0 aliphatic carbocycles. The average Bonchev–Trinajstić information content (AvgIpc) is 3.43. The van der Waals surface area contributed by atoms with Crippen molar-refractivity contribution in [3.63, 3.8) is 0 Å². The van der Waals surface area contributed by atoms with E-state index in [0.29, 0.717) is 0 Å². The van der Waals surface area contributed by atoms with E-state index in [1.165, 1.54) is 84.7 Å². The summed E-state index contributed by atoms with van der Waals surface area (Å²) in [5.74, 6) is 0. The lowest BCUT2D eigenvalue weighted by Crippen LogP contribution is -1.99. The molecule has 0 saturated carbocycles. The molecule has 0 aliphatic rings. The van der Waals surface area contributed by atoms with Gasteiger partial charge in [-0.05, 0) is 83.3 Å². The van der Waals surface area contributed by atoms with E-state index in [0.717, 1.165) is 101 Å². The number of pyridine rings is 4. The van der Waals surface area contributed by atoms with Gasteiger partial charge >= 0.3 is 0 Å². The summed E-state index contributed by atoms with van der Waals surface area (Å²) in [6.07, 6.45) is 11.9. The summed E-state index contributed by atoms with van der Waals surface area (Å²) < 4.78 is 0. The van der Waals surface area contributed by atoms with Gasteiger partial charge in [-0.3, -0.25) is 0 Å². The lowest BCUT2D eigenvalue weighted by Gasteiger charge is -2.18. The number of aryl methyl sites for hydroxylation is 2. The van der Waals surface area contributed by atoms with Crippen LogP contribution < -0.4 is 0 Å². The number of benzene rings is 7. The van der Waals surface area contributed by atoms with Crippen molar-refractivity contribution < 1.29 is 0 Å². The highest BCUT2D eigenvalue weighted by Crippen LogP contribution is 2.38. The van der Waals surface area contributed by atoms with E-state index in [2.05, 4.69) is 196 Å².